The molecule has 0 aromatic heterocycles. The molecule has 0 spiro atoms. The van der Waals surface area contributed by atoms with Crippen molar-refractivity contribution in [3.8, 4) is 0 Å². The number of nitrogens with zero attached hydrogens (tertiary/aromatic N) is 2. The van der Waals surface area contributed by atoms with Crippen LogP contribution in [0.25, 0.3) is 0 Å². The molecular weight excluding hydrogens is 232 g/mol. The molecule has 1 rings (SSSR count). The number of hydrogen-bond donors (Lipinski definition) is 1. The number of Topliss-reactive ketones (excluding diaryl/α,β-unsaturated/α-hetero) is 1. The first-order valence-corrected chi connectivity index (χ1v) is 5.28. The lowest BCUT2D eigenvalue weighted by molar-refractivity contribution is -0.769. The lowest BCUT2D eigenvalue weighted by Gasteiger charge is -2.30. The second-order valence-electron chi connectivity index (χ2n) is 3.85. The fraction of sp³-hybridized carbons (Fsp3) is 0.778. The van der Waals surface area contributed by atoms with E-state index in [-0.39, 0.29) is 6.42 Å². The predicted molar refractivity (Wildman–Crippen MR) is 54.8 cm³/mol. The van der Waals surface area contributed by atoms with Gasteiger partial charge in [-0.2, -0.15) is 0 Å². The molecule has 0 radical (unpaired) electrons. The second kappa shape index (κ2) is 6.14. The van der Waals surface area contributed by atoms with Gasteiger partial charge >= 0.3 is 5.97 Å². The Labute approximate surface area is 97.3 Å². The first-order valence-electron chi connectivity index (χ1n) is 5.28. The number of carboxylic acids is 1. The molecule has 96 valence electrons. The van der Waals surface area contributed by atoms with Gasteiger partial charge in [0.25, 0.3) is 5.09 Å². The van der Waals surface area contributed by atoms with E-state index in [1.54, 1.807) is 0 Å². The van der Waals surface area contributed by atoms with E-state index < -0.39 is 22.9 Å². The number of ketones is 1. The molecule has 0 unspecified atom stereocenters. The SMILES string of the molecule is O=C(O)C(=O)CCN1CCC(O[N+](=O)[O-])CC1. The fourth-order valence-corrected chi connectivity index (χ4v) is 1.73. The van der Waals surface area contributed by atoms with E-state index in [1.165, 1.54) is 0 Å². The second-order valence-corrected chi connectivity index (χ2v) is 3.85. The van der Waals surface area contributed by atoms with Crippen LogP contribution >= 0.6 is 0 Å². The smallest absolute Gasteiger partial charge is 0.372 e. The van der Waals surface area contributed by atoms with Gasteiger partial charge in [-0.3, -0.25) is 4.79 Å². The number of aliphatic carboxylic acids is 1. The van der Waals surface area contributed by atoms with Crippen LogP contribution in [0.2, 0.25) is 0 Å². The minimum atomic E-state index is -1.42. The molecule has 0 saturated carbocycles. The van der Waals surface area contributed by atoms with E-state index in [0.717, 1.165) is 0 Å². The van der Waals surface area contributed by atoms with Crippen molar-refractivity contribution in [3.05, 3.63) is 10.1 Å². The first-order chi connectivity index (χ1) is 7.99. The molecule has 1 aliphatic heterocycles. The lowest BCUT2D eigenvalue weighted by Crippen LogP contribution is -2.39. The normalized spacial score (nSPS) is 17.6. The maximum absolute atomic E-state index is 10.9. The predicted octanol–water partition coefficient (Wildman–Crippen LogP) is -0.297. The highest BCUT2D eigenvalue weighted by molar-refractivity contribution is 6.32. The van der Waals surface area contributed by atoms with Gasteiger partial charge in [-0.05, 0) is 12.8 Å². The third kappa shape index (κ3) is 4.77. The Hall–Kier alpha value is -1.70. The molecule has 0 amide bonds. The van der Waals surface area contributed by atoms with Crippen LogP contribution in [0.3, 0.4) is 0 Å². The summed E-state index contributed by atoms with van der Waals surface area (Å²) in [4.78, 5) is 37.6. The number of likely N-dealkylation sites (tertiary alicyclic amines) is 1. The van der Waals surface area contributed by atoms with E-state index >= 15 is 0 Å². The van der Waals surface area contributed by atoms with Crippen LogP contribution in [-0.2, 0) is 14.4 Å². The Bertz CT molecular complexity index is 311. The molecule has 0 atom stereocenters. The number of carbonyl (C=O) groups excluding carboxylic acids is 1. The van der Waals surface area contributed by atoms with Gasteiger partial charge in [0, 0.05) is 26.1 Å². The maximum Gasteiger partial charge on any atom is 0.372 e. The Morgan fingerprint density at radius 3 is 2.47 bits per heavy atom. The monoisotopic (exact) mass is 246 g/mol. The van der Waals surface area contributed by atoms with E-state index in [1.807, 2.05) is 4.90 Å². The maximum atomic E-state index is 10.9. The van der Waals surface area contributed by atoms with Crippen LogP contribution in [0, 0.1) is 10.1 Å². The van der Waals surface area contributed by atoms with Crippen molar-refractivity contribution < 1.29 is 24.6 Å². The quantitative estimate of drug-likeness (QED) is 0.389. The molecule has 17 heavy (non-hydrogen) atoms. The van der Waals surface area contributed by atoms with Crippen LogP contribution in [0.5, 0.6) is 0 Å². The summed E-state index contributed by atoms with van der Waals surface area (Å²) in [6.45, 7) is 1.52. The van der Waals surface area contributed by atoms with Gasteiger partial charge in [0.05, 0.1) is 0 Å². The van der Waals surface area contributed by atoms with Crippen molar-refractivity contribution in [2.75, 3.05) is 19.6 Å². The molecular formula is C9H14N2O6. The van der Waals surface area contributed by atoms with E-state index in [0.29, 0.717) is 32.5 Å². The minimum Gasteiger partial charge on any atom is -0.476 e. The largest absolute Gasteiger partial charge is 0.476 e. The Morgan fingerprint density at radius 1 is 1.41 bits per heavy atom. The molecule has 0 aromatic rings. The molecule has 1 N–H and O–H groups in total. The average molecular weight is 246 g/mol. The third-order valence-corrected chi connectivity index (χ3v) is 2.66. The van der Waals surface area contributed by atoms with Crippen LogP contribution in [0.15, 0.2) is 0 Å². The van der Waals surface area contributed by atoms with Crippen LogP contribution in [0.4, 0.5) is 0 Å². The number of hydrogen-bond acceptors (Lipinski definition) is 6. The summed E-state index contributed by atoms with van der Waals surface area (Å²) in [6.07, 6.45) is 0.608. The van der Waals surface area contributed by atoms with Crippen molar-refractivity contribution in [1.29, 1.82) is 0 Å². The summed E-state index contributed by atoms with van der Waals surface area (Å²) in [5.74, 6) is -2.23. The zero-order chi connectivity index (χ0) is 12.8. The third-order valence-electron chi connectivity index (χ3n) is 2.66. The molecule has 8 heteroatoms. The topological polar surface area (TPSA) is 110 Å². The van der Waals surface area contributed by atoms with Crippen molar-refractivity contribution >= 4 is 11.8 Å². The van der Waals surface area contributed by atoms with E-state index in [9.17, 15) is 19.7 Å². The summed E-state index contributed by atoms with van der Waals surface area (Å²) in [5, 5.41) is 17.7. The average Bonchev–Trinajstić information content (AvgIpc) is 2.26. The lowest BCUT2D eigenvalue weighted by atomic mass is 10.1. The van der Waals surface area contributed by atoms with Crippen molar-refractivity contribution in [2.24, 2.45) is 0 Å². The highest BCUT2D eigenvalue weighted by Gasteiger charge is 2.22. The molecule has 0 aromatic carbocycles. The Kier molecular flexibility index (Phi) is 4.83. The molecule has 1 heterocycles. The van der Waals surface area contributed by atoms with Crippen molar-refractivity contribution in [1.82, 2.24) is 4.90 Å². The zero-order valence-electron chi connectivity index (χ0n) is 9.20. The summed E-state index contributed by atoms with van der Waals surface area (Å²) in [6, 6.07) is 0. The van der Waals surface area contributed by atoms with Gasteiger partial charge in [0.1, 0.15) is 6.10 Å². The highest BCUT2D eigenvalue weighted by atomic mass is 17.0. The molecule has 8 nitrogen and oxygen atoms in total. The van der Waals surface area contributed by atoms with Crippen LogP contribution in [0.1, 0.15) is 19.3 Å². The molecule has 1 fully saturated rings. The highest BCUT2D eigenvalue weighted by Crippen LogP contribution is 2.13. The van der Waals surface area contributed by atoms with Crippen LogP contribution in [-0.4, -0.2) is 52.6 Å². The number of piperidine rings is 1. The number of carbonyl (C=O) groups is 2. The minimum absolute atomic E-state index is 0.0317. The van der Waals surface area contributed by atoms with Crippen molar-refractivity contribution in [3.63, 3.8) is 0 Å². The molecule has 1 saturated heterocycles. The number of carboxylic acid groups (broad SMARTS) is 1. The molecule has 0 bridgehead atoms. The molecule has 1 aliphatic rings. The summed E-state index contributed by atoms with van der Waals surface area (Å²) in [7, 11) is 0. The Balaban J connectivity index is 2.21. The summed E-state index contributed by atoms with van der Waals surface area (Å²) in [5.41, 5.74) is 0. The first kappa shape index (κ1) is 13.4. The van der Waals surface area contributed by atoms with Crippen molar-refractivity contribution in [2.45, 2.75) is 25.4 Å². The summed E-state index contributed by atoms with van der Waals surface area (Å²) < 4.78 is 0. The molecule has 0 aliphatic carbocycles. The Morgan fingerprint density at radius 2 is 2.00 bits per heavy atom. The van der Waals surface area contributed by atoms with Gasteiger partial charge in [-0.15, -0.1) is 10.1 Å². The number of rotatable bonds is 6. The van der Waals surface area contributed by atoms with Gasteiger partial charge in [-0.25, -0.2) is 4.79 Å². The van der Waals surface area contributed by atoms with Gasteiger partial charge < -0.3 is 14.8 Å². The summed E-state index contributed by atoms with van der Waals surface area (Å²) >= 11 is 0. The fourth-order valence-electron chi connectivity index (χ4n) is 1.73. The zero-order valence-corrected chi connectivity index (χ0v) is 9.20. The standard InChI is InChI=1S/C9H14N2O6/c12-8(9(13)14)3-6-10-4-1-7(2-5-10)17-11(15)16/h7H,1-6H2,(H,13,14). The van der Waals surface area contributed by atoms with E-state index in [4.69, 9.17) is 5.11 Å². The van der Waals surface area contributed by atoms with E-state index in [2.05, 4.69) is 4.84 Å². The van der Waals surface area contributed by atoms with Crippen LogP contribution < -0.4 is 0 Å². The van der Waals surface area contributed by atoms with Gasteiger partial charge in [0.15, 0.2) is 0 Å². The van der Waals surface area contributed by atoms with Gasteiger partial charge in [-0.1, -0.05) is 0 Å². The van der Waals surface area contributed by atoms with Gasteiger partial charge in [0.2, 0.25) is 5.78 Å².